The summed E-state index contributed by atoms with van der Waals surface area (Å²) in [6.45, 7) is 0.495. The highest BCUT2D eigenvalue weighted by Crippen LogP contribution is 2.17. The smallest absolute Gasteiger partial charge is 0.326 e. The van der Waals surface area contributed by atoms with Gasteiger partial charge in [0.05, 0.1) is 6.54 Å². The van der Waals surface area contributed by atoms with Crippen LogP contribution in [0.25, 0.3) is 0 Å². The van der Waals surface area contributed by atoms with Crippen molar-refractivity contribution in [3.05, 3.63) is 0 Å². The number of carboxylic acid groups (broad SMARTS) is 1. The van der Waals surface area contributed by atoms with Crippen LogP contribution in [0.1, 0.15) is 32.1 Å². The molecule has 1 rings (SSSR count). The van der Waals surface area contributed by atoms with Gasteiger partial charge in [-0.2, -0.15) is 0 Å². The largest absolute Gasteiger partial charge is 0.480 e. The Bertz CT molecular complexity index is 277. The van der Waals surface area contributed by atoms with Crippen molar-refractivity contribution in [1.82, 2.24) is 10.6 Å². The van der Waals surface area contributed by atoms with Crippen LogP contribution in [0.15, 0.2) is 0 Å². The summed E-state index contributed by atoms with van der Waals surface area (Å²) in [5.74, 6) is -1.30. The van der Waals surface area contributed by atoms with Crippen molar-refractivity contribution < 1.29 is 19.4 Å². The second-order valence-corrected chi connectivity index (χ2v) is 4.60. The summed E-state index contributed by atoms with van der Waals surface area (Å²) >= 11 is 0. The predicted octanol–water partition coefficient (Wildman–Crippen LogP) is 0.125. The average molecular weight is 258 g/mol. The third-order valence-corrected chi connectivity index (χ3v) is 3.15. The maximum absolute atomic E-state index is 11.6. The summed E-state index contributed by atoms with van der Waals surface area (Å²) in [6.07, 6.45) is 4.87. The molecular formula is C12H22N2O4. The average Bonchev–Trinajstić information content (AvgIpc) is 2.84. The molecule has 1 unspecified atom stereocenters. The molecule has 1 amide bonds. The number of methoxy groups -OCH3 is 1. The summed E-state index contributed by atoms with van der Waals surface area (Å²) in [5, 5.41) is 14.6. The van der Waals surface area contributed by atoms with E-state index in [1.165, 1.54) is 20.0 Å². The van der Waals surface area contributed by atoms with Crippen LogP contribution in [-0.2, 0) is 14.3 Å². The summed E-state index contributed by atoms with van der Waals surface area (Å²) in [7, 11) is 1.50. The number of carboxylic acids is 1. The van der Waals surface area contributed by atoms with Gasteiger partial charge in [-0.1, -0.05) is 12.8 Å². The Labute approximate surface area is 107 Å². The molecule has 0 aromatic rings. The fraction of sp³-hybridized carbons (Fsp3) is 0.833. The molecular weight excluding hydrogens is 236 g/mol. The summed E-state index contributed by atoms with van der Waals surface area (Å²) in [6, 6.07) is -0.471. The number of nitrogens with one attached hydrogen (secondary N) is 2. The van der Waals surface area contributed by atoms with E-state index >= 15 is 0 Å². The van der Waals surface area contributed by atoms with E-state index < -0.39 is 12.0 Å². The second-order valence-electron chi connectivity index (χ2n) is 4.60. The van der Waals surface area contributed by atoms with E-state index in [1.54, 1.807) is 0 Å². The number of rotatable bonds is 8. The normalized spacial score (nSPS) is 17.6. The molecule has 0 aliphatic heterocycles. The standard InChI is InChI=1S/C12H22N2O4/c1-18-7-6-10(12(16)17)14-11(15)8-13-9-4-2-3-5-9/h9-10,13H,2-8H2,1H3,(H,14,15)(H,16,17). The van der Waals surface area contributed by atoms with Crippen LogP contribution in [0, 0.1) is 0 Å². The van der Waals surface area contributed by atoms with E-state index in [9.17, 15) is 9.59 Å². The lowest BCUT2D eigenvalue weighted by Gasteiger charge is -2.16. The highest BCUT2D eigenvalue weighted by atomic mass is 16.5. The van der Waals surface area contributed by atoms with Crippen LogP contribution in [0.3, 0.4) is 0 Å². The third-order valence-electron chi connectivity index (χ3n) is 3.15. The molecule has 3 N–H and O–H groups in total. The van der Waals surface area contributed by atoms with Crippen molar-refractivity contribution >= 4 is 11.9 Å². The molecule has 0 spiro atoms. The van der Waals surface area contributed by atoms with Gasteiger partial charge in [0.1, 0.15) is 6.04 Å². The molecule has 1 atom stereocenters. The van der Waals surface area contributed by atoms with Gasteiger partial charge < -0.3 is 20.5 Å². The fourth-order valence-corrected chi connectivity index (χ4v) is 2.11. The van der Waals surface area contributed by atoms with Crippen LogP contribution in [0.2, 0.25) is 0 Å². The van der Waals surface area contributed by atoms with Crippen LogP contribution < -0.4 is 10.6 Å². The Balaban J connectivity index is 2.24. The summed E-state index contributed by atoms with van der Waals surface area (Å²) in [5.41, 5.74) is 0. The minimum Gasteiger partial charge on any atom is -0.480 e. The number of ether oxygens (including phenoxy) is 1. The number of amides is 1. The van der Waals surface area contributed by atoms with E-state index in [0.717, 1.165) is 12.8 Å². The van der Waals surface area contributed by atoms with Gasteiger partial charge in [-0.05, 0) is 12.8 Å². The fourth-order valence-electron chi connectivity index (χ4n) is 2.11. The Morgan fingerprint density at radius 1 is 1.39 bits per heavy atom. The number of hydrogen-bond donors (Lipinski definition) is 3. The molecule has 0 aromatic carbocycles. The molecule has 0 radical (unpaired) electrons. The van der Waals surface area contributed by atoms with Gasteiger partial charge in [0.15, 0.2) is 0 Å². The quantitative estimate of drug-likeness (QED) is 0.576. The topological polar surface area (TPSA) is 87.7 Å². The van der Waals surface area contributed by atoms with Gasteiger partial charge in [-0.15, -0.1) is 0 Å². The van der Waals surface area contributed by atoms with Crippen molar-refractivity contribution in [3.8, 4) is 0 Å². The van der Waals surface area contributed by atoms with Gasteiger partial charge in [0.2, 0.25) is 5.91 Å². The predicted molar refractivity (Wildman–Crippen MR) is 66.3 cm³/mol. The molecule has 0 saturated heterocycles. The number of carbonyl (C=O) groups excluding carboxylic acids is 1. The van der Waals surface area contributed by atoms with Crippen LogP contribution in [0.4, 0.5) is 0 Å². The molecule has 1 saturated carbocycles. The third kappa shape index (κ3) is 5.46. The Morgan fingerprint density at radius 3 is 2.61 bits per heavy atom. The Hall–Kier alpha value is -1.14. The van der Waals surface area contributed by atoms with E-state index in [-0.39, 0.29) is 18.9 Å². The zero-order valence-corrected chi connectivity index (χ0v) is 10.8. The van der Waals surface area contributed by atoms with E-state index in [2.05, 4.69) is 10.6 Å². The van der Waals surface area contributed by atoms with E-state index in [0.29, 0.717) is 12.6 Å². The molecule has 104 valence electrons. The SMILES string of the molecule is COCCC(NC(=O)CNC1CCCC1)C(=O)O. The van der Waals surface area contributed by atoms with Gasteiger partial charge in [0.25, 0.3) is 0 Å². The van der Waals surface area contributed by atoms with Crippen molar-refractivity contribution in [2.75, 3.05) is 20.3 Å². The van der Waals surface area contributed by atoms with Crippen molar-refractivity contribution in [3.63, 3.8) is 0 Å². The number of carbonyl (C=O) groups is 2. The number of aliphatic carboxylic acids is 1. The lowest BCUT2D eigenvalue weighted by Crippen LogP contribution is -2.46. The molecule has 1 aliphatic rings. The molecule has 0 bridgehead atoms. The van der Waals surface area contributed by atoms with Crippen molar-refractivity contribution in [2.45, 2.75) is 44.2 Å². The minimum atomic E-state index is -1.03. The molecule has 1 aliphatic carbocycles. The highest BCUT2D eigenvalue weighted by Gasteiger charge is 2.20. The molecule has 0 heterocycles. The first kappa shape index (κ1) is 14.9. The Kier molecular flexibility index (Phi) is 6.67. The van der Waals surface area contributed by atoms with E-state index in [4.69, 9.17) is 9.84 Å². The summed E-state index contributed by atoms with van der Waals surface area (Å²) < 4.78 is 4.82. The zero-order chi connectivity index (χ0) is 13.4. The van der Waals surface area contributed by atoms with Crippen LogP contribution in [0.5, 0.6) is 0 Å². The molecule has 0 aromatic heterocycles. The maximum atomic E-state index is 11.6. The second kappa shape index (κ2) is 8.05. The molecule has 18 heavy (non-hydrogen) atoms. The van der Waals surface area contributed by atoms with Crippen molar-refractivity contribution in [2.24, 2.45) is 0 Å². The lowest BCUT2D eigenvalue weighted by atomic mass is 10.2. The van der Waals surface area contributed by atoms with Crippen LogP contribution >= 0.6 is 0 Å². The molecule has 6 heteroatoms. The Morgan fingerprint density at radius 2 is 2.06 bits per heavy atom. The van der Waals surface area contributed by atoms with Crippen LogP contribution in [-0.4, -0.2) is 49.3 Å². The first-order valence-corrected chi connectivity index (χ1v) is 6.38. The van der Waals surface area contributed by atoms with E-state index in [1.807, 2.05) is 0 Å². The zero-order valence-electron chi connectivity index (χ0n) is 10.8. The van der Waals surface area contributed by atoms with Gasteiger partial charge in [0, 0.05) is 26.2 Å². The molecule has 6 nitrogen and oxygen atoms in total. The molecule has 1 fully saturated rings. The first-order valence-electron chi connectivity index (χ1n) is 6.38. The highest BCUT2D eigenvalue weighted by molar-refractivity contribution is 5.84. The number of hydrogen-bond acceptors (Lipinski definition) is 4. The summed E-state index contributed by atoms with van der Waals surface area (Å²) in [4.78, 5) is 22.5. The minimum absolute atomic E-state index is 0.182. The monoisotopic (exact) mass is 258 g/mol. The van der Waals surface area contributed by atoms with Crippen molar-refractivity contribution in [1.29, 1.82) is 0 Å². The first-order chi connectivity index (χ1) is 8.63. The van der Waals surface area contributed by atoms with Gasteiger partial charge in [-0.25, -0.2) is 4.79 Å². The van der Waals surface area contributed by atoms with Gasteiger partial charge in [-0.3, -0.25) is 4.79 Å². The van der Waals surface area contributed by atoms with Gasteiger partial charge >= 0.3 is 5.97 Å². The lowest BCUT2D eigenvalue weighted by molar-refractivity contribution is -0.142. The maximum Gasteiger partial charge on any atom is 0.326 e.